The predicted octanol–water partition coefficient (Wildman–Crippen LogP) is 8.31. The van der Waals surface area contributed by atoms with E-state index in [-0.39, 0.29) is 29.0 Å². The molecule has 0 unspecified atom stereocenters. The van der Waals surface area contributed by atoms with Gasteiger partial charge in [-0.3, -0.25) is 14.4 Å². The maximum absolute atomic E-state index is 16.7. The molecule has 1 aromatic heterocycles. The summed E-state index contributed by atoms with van der Waals surface area (Å²) in [6.45, 7) is 10.6. The second kappa shape index (κ2) is 16.3. The Kier molecular flexibility index (Phi) is 12.2. The lowest BCUT2D eigenvalue weighted by Gasteiger charge is -2.34. The molecule has 1 amide bonds. The van der Waals surface area contributed by atoms with Gasteiger partial charge in [0.25, 0.3) is 5.56 Å². The molecule has 1 saturated heterocycles. The predicted molar refractivity (Wildman–Crippen MR) is 192 cm³/mol. The van der Waals surface area contributed by atoms with Gasteiger partial charge >= 0.3 is 12.1 Å². The number of pyridine rings is 1. The molecule has 1 aliphatic carbocycles. The zero-order valence-corrected chi connectivity index (χ0v) is 30.7. The summed E-state index contributed by atoms with van der Waals surface area (Å²) in [5.74, 6) is 0.368. The molecule has 53 heavy (non-hydrogen) atoms. The highest BCUT2D eigenvalue weighted by atomic mass is 19.4. The van der Waals surface area contributed by atoms with Gasteiger partial charge in [0.1, 0.15) is 17.7 Å². The standard InChI is InChI=1S/C41H46F5N3O4/c1-6-8-28-18-29(36-24(4)9-7-10-25(36)5)39(43)37(38(28)42)32(20-35(51)52)47-40(53)33(17-23(2)3)49-22-30(31(19-34(49)50)41(44,45)46)27-13-15-48(16-14-27)21-26-11-12-26/h7,9-10,18-19,22-23,26-27,32-33H,11-17,20-21H2,1-5H3,(H,47,53)(H,51,52)/t32-,33-/m0/s1. The molecule has 2 atom stereocenters. The summed E-state index contributed by atoms with van der Waals surface area (Å²) in [7, 11) is 0. The Hall–Kier alpha value is -4.50. The topological polar surface area (TPSA) is 91.6 Å². The number of aromatic nitrogens is 1. The smallest absolute Gasteiger partial charge is 0.416 e. The second-order valence-corrected chi connectivity index (χ2v) is 14.9. The third-order valence-electron chi connectivity index (χ3n) is 10.3. The fourth-order valence-electron chi connectivity index (χ4n) is 7.54. The Balaban J connectivity index is 1.59. The van der Waals surface area contributed by atoms with E-state index in [0.29, 0.717) is 54.6 Å². The van der Waals surface area contributed by atoms with Crippen molar-refractivity contribution in [3.63, 3.8) is 0 Å². The number of nitrogens with zero attached hydrogens (tertiary/aromatic N) is 2. The first-order valence-electron chi connectivity index (χ1n) is 18.1. The molecule has 2 heterocycles. The highest BCUT2D eigenvalue weighted by Gasteiger charge is 2.39. The highest BCUT2D eigenvalue weighted by Crippen LogP contribution is 2.40. The SMILES string of the molecule is CC#Cc1cc(-c2c(C)cccc2C)c(F)c([C@H](CC(=O)O)NC(=O)[C@H](CC(C)C)n2cc(C3CCN(CC4CC4)CC3)c(C(F)(F)F)cc2=O)c1F. The largest absolute Gasteiger partial charge is 0.481 e. The average Bonchev–Trinajstić information content (AvgIpc) is 3.89. The van der Waals surface area contributed by atoms with Gasteiger partial charge in [0.15, 0.2) is 0 Å². The van der Waals surface area contributed by atoms with Crippen molar-refractivity contribution in [2.24, 2.45) is 11.8 Å². The van der Waals surface area contributed by atoms with E-state index in [2.05, 4.69) is 22.1 Å². The molecule has 284 valence electrons. The number of likely N-dealkylation sites (tertiary alicyclic amines) is 1. The summed E-state index contributed by atoms with van der Waals surface area (Å²) in [5.41, 5.74) is -1.40. The minimum atomic E-state index is -4.82. The number of piperidine rings is 1. The van der Waals surface area contributed by atoms with Crippen molar-refractivity contribution < 1.29 is 36.6 Å². The van der Waals surface area contributed by atoms with Crippen LogP contribution in [0.1, 0.15) is 111 Å². The third-order valence-corrected chi connectivity index (χ3v) is 10.3. The van der Waals surface area contributed by atoms with Gasteiger partial charge in [-0.05, 0) is 112 Å². The number of carbonyl (C=O) groups excluding carboxylic acids is 1. The first-order valence-corrected chi connectivity index (χ1v) is 18.1. The molecule has 0 spiro atoms. The fourth-order valence-corrected chi connectivity index (χ4v) is 7.54. The van der Waals surface area contributed by atoms with Crippen LogP contribution in [0.5, 0.6) is 0 Å². The van der Waals surface area contributed by atoms with Crippen LogP contribution >= 0.6 is 0 Å². The minimum Gasteiger partial charge on any atom is -0.481 e. The Morgan fingerprint density at radius 2 is 1.66 bits per heavy atom. The van der Waals surface area contributed by atoms with E-state index >= 15 is 8.78 Å². The minimum absolute atomic E-state index is 0.0316. The lowest BCUT2D eigenvalue weighted by atomic mass is 9.87. The zero-order valence-electron chi connectivity index (χ0n) is 30.7. The number of aryl methyl sites for hydroxylation is 2. The molecule has 5 rings (SSSR count). The van der Waals surface area contributed by atoms with Crippen LogP contribution in [-0.4, -0.2) is 46.1 Å². The molecule has 12 heteroatoms. The number of aliphatic carboxylic acids is 1. The Morgan fingerprint density at radius 1 is 1.02 bits per heavy atom. The molecule has 3 aromatic rings. The number of amides is 1. The van der Waals surface area contributed by atoms with Crippen molar-refractivity contribution in [1.29, 1.82) is 0 Å². The fraction of sp³-hybridized carbons (Fsp3) is 0.488. The van der Waals surface area contributed by atoms with E-state index in [1.807, 2.05) is 0 Å². The molecule has 2 N–H and O–H groups in total. The molecular formula is C41H46F5N3O4. The molecule has 2 aliphatic rings. The van der Waals surface area contributed by atoms with Crippen molar-refractivity contribution >= 4 is 11.9 Å². The number of rotatable bonds is 12. The van der Waals surface area contributed by atoms with Gasteiger partial charge in [0, 0.05) is 29.9 Å². The molecule has 2 aromatic carbocycles. The molecule has 1 saturated carbocycles. The van der Waals surface area contributed by atoms with Gasteiger partial charge in [0.2, 0.25) is 5.91 Å². The van der Waals surface area contributed by atoms with Crippen LogP contribution in [0.2, 0.25) is 0 Å². The highest BCUT2D eigenvalue weighted by molar-refractivity contribution is 5.82. The lowest BCUT2D eigenvalue weighted by molar-refractivity contribution is -0.139. The summed E-state index contributed by atoms with van der Waals surface area (Å²) in [6, 6.07) is 3.85. The molecular weight excluding hydrogens is 693 g/mol. The monoisotopic (exact) mass is 739 g/mol. The summed E-state index contributed by atoms with van der Waals surface area (Å²) in [5, 5.41) is 12.4. The summed E-state index contributed by atoms with van der Waals surface area (Å²) >= 11 is 0. The number of hydrogen-bond acceptors (Lipinski definition) is 4. The second-order valence-electron chi connectivity index (χ2n) is 14.9. The average molecular weight is 740 g/mol. The lowest BCUT2D eigenvalue weighted by Crippen LogP contribution is -2.41. The number of carboxylic acids is 1. The van der Waals surface area contributed by atoms with Crippen LogP contribution in [0.25, 0.3) is 11.1 Å². The Labute approximate surface area is 306 Å². The van der Waals surface area contributed by atoms with Crippen molar-refractivity contribution in [1.82, 2.24) is 14.8 Å². The maximum atomic E-state index is 16.7. The van der Waals surface area contributed by atoms with Crippen molar-refractivity contribution in [3.05, 3.63) is 91.9 Å². The molecule has 0 bridgehead atoms. The van der Waals surface area contributed by atoms with E-state index < -0.39 is 70.8 Å². The van der Waals surface area contributed by atoms with Crippen molar-refractivity contribution in [2.75, 3.05) is 19.6 Å². The quantitative estimate of drug-likeness (QED) is 0.144. The molecule has 1 aliphatic heterocycles. The number of carboxylic acid groups (broad SMARTS) is 1. The van der Waals surface area contributed by atoms with Crippen molar-refractivity contribution in [2.45, 2.75) is 97.3 Å². The summed E-state index contributed by atoms with van der Waals surface area (Å²) < 4.78 is 77.1. The Morgan fingerprint density at radius 3 is 2.21 bits per heavy atom. The van der Waals surface area contributed by atoms with Gasteiger partial charge < -0.3 is 19.9 Å². The van der Waals surface area contributed by atoms with Crippen LogP contribution < -0.4 is 10.9 Å². The number of nitrogens with one attached hydrogen (secondary N) is 1. The van der Waals surface area contributed by atoms with Gasteiger partial charge in [-0.15, -0.1) is 5.92 Å². The van der Waals surface area contributed by atoms with Gasteiger partial charge in [-0.2, -0.15) is 13.2 Å². The van der Waals surface area contributed by atoms with Crippen molar-refractivity contribution in [3.8, 4) is 23.0 Å². The number of halogens is 5. The van der Waals surface area contributed by atoms with E-state index in [0.717, 1.165) is 30.2 Å². The third kappa shape index (κ3) is 9.18. The number of benzene rings is 2. The van der Waals surface area contributed by atoms with Crippen LogP contribution in [-0.2, 0) is 15.8 Å². The zero-order chi connectivity index (χ0) is 38.8. The van der Waals surface area contributed by atoms with Gasteiger partial charge in [-0.1, -0.05) is 38.0 Å². The molecule has 7 nitrogen and oxygen atoms in total. The van der Waals surface area contributed by atoms with Gasteiger partial charge in [0.05, 0.1) is 23.6 Å². The van der Waals surface area contributed by atoms with Crippen LogP contribution in [0.4, 0.5) is 22.0 Å². The number of alkyl halides is 3. The first kappa shape index (κ1) is 39.7. The van der Waals surface area contributed by atoms with Crippen LogP contribution in [0, 0.1) is 49.2 Å². The van der Waals surface area contributed by atoms with Crippen LogP contribution in [0.3, 0.4) is 0 Å². The van der Waals surface area contributed by atoms with E-state index in [1.54, 1.807) is 45.9 Å². The van der Waals surface area contributed by atoms with E-state index in [4.69, 9.17) is 0 Å². The summed E-state index contributed by atoms with van der Waals surface area (Å²) in [4.78, 5) is 42.2. The number of carbonyl (C=O) groups is 2. The Bertz CT molecular complexity index is 1960. The van der Waals surface area contributed by atoms with E-state index in [1.165, 1.54) is 13.0 Å². The molecule has 0 radical (unpaired) electrons. The normalized spacial score (nSPS) is 16.6. The van der Waals surface area contributed by atoms with Crippen LogP contribution in [0.15, 0.2) is 41.3 Å². The van der Waals surface area contributed by atoms with Gasteiger partial charge in [-0.25, -0.2) is 8.78 Å². The first-order chi connectivity index (χ1) is 25.0. The van der Waals surface area contributed by atoms with E-state index in [9.17, 15) is 32.7 Å². The number of hydrogen-bond donors (Lipinski definition) is 2. The molecule has 2 fully saturated rings. The maximum Gasteiger partial charge on any atom is 0.416 e. The summed E-state index contributed by atoms with van der Waals surface area (Å²) in [6.07, 6.45) is -1.49.